The van der Waals surface area contributed by atoms with Crippen LogP contribution in [-0.4, -0.2) is 35.9 Å². The molecule has 1 aromatic carbocycles. The molecule has 6 heteroatoms. The molecule has 1 heterocycles. The van der Waals surface area contributed by atoms with E-state index in [1.54, 1.807) is 6.07 Å². The number of rotatable bonds is 6. The van der Waals surface area contributed by atoms with Gasteiger partial charge in [-0.25, -0.2) is 4.79 Å². The first-order chi connectivity index (χ1) is 8.70. The molecule has 96 valence electrons. The Labute approximate surface area is 103 Å². The molecule has 18 heavy (non-hydrogen) atoms. The number of aromatic carboxylic acids is 1. The van der Waals surface area contributed by atoms with Crippen LogP contribution in [0.25, 0.3) is 11.1 Å². The fourth-order valence-corrected chi connectivity index (χ4v) is 1.43. The van der Waals surface area contributed by atoms with E-state index in [4.69, 9.17) is 19.0 Å². The second-order valence-electron chi connectivity index (χ2n) is 3.51. The normalized spacial score (nSPS) is 10.7. The zero-order chi connectivity index (χ0) is 13.0. The van der Waals surface area contributed by atoms with Crippen molar-refractivity contribution in [2.24, 2.45) is 0 Å². The third-order valence-corrected chi connectivity index (χ3v) is 2.27. The van der Waals surface area contributed by atoms with Gasteiger partial charge in [-0.1, -0.05) is 0 Å². The van der Waals surface area contributed by atoms with Gasteiger partial charge in [-0.05, 0) is 25.1 Å². The highest BCUT2D eigenvalue weighted by Crippen LogP contribution is 2.21. The third kappa shape index (κ3) is 2.78. The van der Waals surface area contributed by atoms with E-state index in [1.165, 1.54) is 12.1 Å². The van der Waals surface area contributed by atoms with Gasteiger partial charge in [-0.15, -0.1) is 0 Å². The van der Waals surface area contributed by atoms with Gasteiger partial charge >= 0.3 is 12.0 Å². The van der Waals surface area contributed by atoms with Gasteiger partial charge in [0.1, 0.15) is 12.1 Å². The topological polar surface area (TPSA) is 81.8 Å². The lowest BCUT2D eigenvalue weighted by atomic mass is 10.2. The first-order valence-electron chi connectivity index (χ1n) is 5.55. The van der Waals surface area contributed by atoms with Crippen LogP contribution >= 0.6 is 0 Å². The Bertz CT molecular complexity index is 548. The van der Waals surface area contributed by atoms with Crippen molar-refractivity contribution in [3.63, 3.8) is 0 Å². The van der Waals surface area contributed by atoms with Crippen molar-refractivity contribution in [1.29, 1.82) is 0 Å². The van der Waals surface area contributed by atoms with Crippen molar-refractivity contribution in [3.8, 4) is 6.08 Å². The standard InChI is InChI=1S/C12H13NO5/c1-2-16-5-6-17-12-13-9-4-3-8(11(14)15)7-10(9)18-12/h3-4,7H,2,5-6H2,1H3,(H,14,15). The summed E-state index contributed by atoms with van der Waals surface area (Å²) in [6.45, 7) is 3.31. The number of benzene rings is 1. The lowest BCUT2D eigenvalue weighted by Gasteiger charge is -2.00. The van der Waals surface area contributed by atoms with E-state index in [1.807, 2.05) is 6.92 Å². The Kier molecular flexibility index (Phi) is 3.78. The maximum absolute atomic E-state index is 10.8. The van der Waals surface area contributed by atoms with Gasteiger partial charge in [0.15, 0.2) is 5.58 Å². The summed E-state index contributed by atoms with van der Waals surface area (Å²) in [5, 5.41) is 8.84. The maximum Gasteiger partial charge on any atom is 0.394 e. The molecule has 2 rings (SSSR count). The molecule has 0 atom stereocenters. The Hall–Kier alpha value is -2.08. The molecule has 0 aliphatic heterocycles. The van der Waals surface area contributed by atoms with Crippen molar-refractivity contribution < 1.29 is 23.8 Å². The van der Waals surface area contributed by atoms with Crippen LogP contribution in [-0.2, 0) is 4.74 Å². The Morgan fingerprint density at radius 2 is 2.28 bits per heavy atom. The molecular weight excluding hydrogens is 238 g/mol. The quantitative estimate of drug-likeness (QED) is 0.790. The van der Waals surface area contributed by atoms with E-state index in [-0.39, 0.29) is 11.6 Å². The summed E-state index contributed by atoms with van der Waals surface area (Å²) < 4.78 is 15.6. The fraction of sp³-hybridized carbons (Fsp3) is 0.333. The predicted octanol–water partition coefficient (Wildman–Crippen LogP) is 1.94. The van der Waals surface area contributed by atoms with Crippen molar-refractivity contribution >= 4 is 17.1 Å². The average molecular weight is 251 g/mol. The molecular formula is C12H13NO5. The monoisotopic (exact) mass is 251 g/mol. The minimum Gasteiger partial charge on any atom is -0.478 e. The molecule has 0 aliphatic rings. The van der Waals surface area contributed by atoms with Gasteiger partial charge in [0, 0.05) is 6.61 Å². The van der Waals surface area contributed by atoms with E-state index in [0.29, 0.717) is 30.9 Å². The van der Waals surface area contributed by atoms with Crippen LogP contribution < -0.4 is 4.74 Å². The summed E-state index contributed by atoms with van der Waals surface area (Å²) in [5.41, 5.74) is 1.10. The van der Waals surface area contributed by atoms with Gasteiger partial charge in [-0.3, -0.25) is 0 Å². The molecule has 0 radical (unpaired) electrons. The summed E-state index contributed by atoms with van der Waals surface area (Å²) in [6.07, 6.45) is 0.118. The molecule has 0 aliphatic carbocycles. The smallest absolute Gasteiger partial charge is 0.394 e. The lowest BCUT2D eigenvalue weighted by Crippen LogP contribution is -2.06. The van der Waals surface area contributed by atoms with E-state index in [9.17, 15) is 4.79 Å². The van der Waals surface area contributed by atoms with Crippen LogP contribution in [0.4, 0.5) is 0 Å². The molecule has 6 nitrogen and oxygen atoms in total. The number of carboxylic acids is 1. The molecule has 0 unspecified atom stereocenters. The predicted molar refractivity (Wildman–Crippen MR) is 63.0 cm³/mol. The van der Waals surface area contributed by atoms with Crippen molar-refractivity contribution in [3.05, 3.63) is 23.8 Å². The summed E-state index contributed by atoms with van der Waals surface area (Å²) in [7, 11) is 0. The van der Waals surface area contributed by atoms with Crippen LogP contribution in [0.5, 0.6) is 6.08 Å². The number of hydrogen-bond donors (Lipinski definition) is 1. The summed E-state index contributed by atoms with van der Waals surface area (Å²) in [5.74, 6) is -1.01. The Balaban J connectivity index is 2.09. The van der Waals surface area contributed by atoms with Gasteiger partial charge in [0.05, 0.1) is 12.2 Å². The highest BCUT2D eigenvalue weighted by Gasteiger charge is 2.10. The third-order valence-electron chi connectivity index (χ3n) is 2.27. The lowest BCUT2D eigenvalue weighted by molar-refractivity contribution is 0.0697. The van der Waals surface area contributed by atoms with E-state index < -0.39 is 5.97 Å². The highest BCUT2D eigenvalue weighted by atomic mass is 16.6. The van der Waals surface area contributed by atoms with Crippen molar-refractivity contribution in [2.45, 2.75) is 6.92 Å². The van der Waals surface area contributed by atoms with Crippen molar-refractivity contribution in [1.82, 2.24) is 4.98 Å². The Morgan fingerprint density at radius 1 is 1.44 bits per heavy atom. The molecule has 0 saturated heterocycles. The van der Waals surface area contributed by atoms with Crippen molar-refractivity contribution in [2.75, 3.05) is 19.8 Å². The van der Waals surface area contributed by atoms with Crippen LogP contribution in [0.2, 0.25) is 0 Å². The van der Waals surface area contributed by atoms with Crippen LogP contribution in [0, 0.1) is 0 Å². The Morgan fingerprint density at radius 3 is 3.00 bits per heavy atom. The van der Waals surface area contributed by atoms with Gasteiger partial charge < -0.3 is 19.0 Å². The second-order valence-corrected chi connectivity index (χ2v) is 3.51. The second kappa shape index (κ2) is 5.50. The number of hydrogen-bond acceptors (Lipinski definition) is 5. The molecule has 2 aromatic rings. The van der Waals surface area contributed by atoms with Crippen LogP contribution in [0.3, 0.4) is 0 Å². The maximum atomic E-state index is 10.8. The largest absolute Gasteiger partial charge is 0.478 e. The average Bonchev–Trinajstić information content (AvgIpc) is 2.76. The fourth-order valence-electron chi connectivity index (χ4n) is 1.43. The molecule has 0 bridgehead atoms. The summed E-state index contributed by atoms with van der Waals surface area (Å²) >= 11 is 0. The first kappa shape index (κ1) is 12.4. The molecule has 0 amide bonds. The summed E-state index contributed by atoms with van der Waals surface area (Å²) in [6, 6.07) is 4.47. The number of carboxylic acid groups (broad SMARTS) is 1. The van der Waals surface area contributed by atoms with E-state index >= 15 is 0 Å². The molecule has 0 fully saturated rings. The highest BCUT2D eigenvalue weighted by molar-refractivity contribution is 5.91. The molecule has 0 spiro atoms. The number of oxazole rings is 1. The van der Waals surface area contributed by atoms with Crippen LogP contribution in [0.15, 0.2) is 22.6 Å². The number of carbonyl (C=O) groups is 1. The van der Waals surface area contributed by atoms with Crippen LogP contribution in [0.1, 0.15) is 17.3 Å². The molecule has 1 aromatic heterocycles. The van der Waals surface area contributed by atoms with Gasteiger partial charge in [0.25, 0.3) is 0 Å². The van der Waals surface area contributed by atoms with Gasteiger partial charge in [0.2, 0.25) is 0 Å². The molecule has 1 N–H and O–H groups in total. The van der Waals surface area contributed by atoms with Gasteiger partial charge in [-0.2, -0.15) is 4.98 Å². The van der Waals surface area contributed by atoms with E-state index in [0.717, 1.165) is 0 Å². The number of nitrogens with zero attached hydrogens (tertiary/aromatic N) is 1. The SMILES string of the molecule is CCOCCOc1nc2ccc(C(=O)O)cc2o1. The minimum absolute atomic E-state index is 0.118. The number of aromatic nitrogens is 1. The zero-order valence-electron chi connectivity index (χ0n) is 9.88. The summed E-state index contributed by atoms with van der Waals surface area (Å²) in [4.78, 5) is 14.9. The zero-order valence-corrected chi connectivity index (χ0v) is 9.88. The number of fused-ring (bicyclic) bond motifs is 1. The number of ether oxygens (including phenoxy) is 2. The van der Waals surface area contributed by atoms with E-state index in [2.05, 4.69) is 4.98 Å². The molecule has 0 saturated carbocycles. The minimum atomic E-state index is -1.01. The first-order valence-corrected chi connectivity index (χ1v) is 5.55.